The average Bonchev–Trinajstić information content (AvgIpc) is 3.88. The number of aromatic nitrogens is 3. The molecule has 0 fully saturated rings. The standard InChI is InChI=1S/C50H29N5/c51-30-32-23-25-41-40-16-4-8-21-47(40)55(49(41)27-32)48-22-10-17-36(43(48)31-52)33-11-9-12-34(28-33)54-46-20-7-3-15-39(46)42-26-24-35(29-50(42)54)53-44-18-5-1-13-37(44)38-14-2-6-19-45(38)53/h1-29H. The van der Waals surface area contributed by atoms with Gasteiger partial charge in [0, 0.05) is 49.3 Å². The molecule has 0 amide bonds. The molecule has 0 aliphatic carbocycles. The van der Waals surface area contributed by atoms with E-state index in [1.165, 1.54) is 32.6 Å². The van der Waals surface area contributed by atoms with Crippen molar-refractivity contribution in [1.82, 2.24) is 13.7 Å². The molecule has 0 aliphatic heterocycles. The van der Waals surface area contributed by atoms with Crippen LogP contribution in [-0.2, 0) is 0 Å². The van der Waals surface area contributed by atoms with Crippen LogP contribution < -0.4 is 0 Å². The van der Waals surface area contributed by atoms with E-state index in [1.54, 1.807) is 0 Å². The minimum absolute atomic E-state index is 0.570. The lowest BCUT2D eigenvalue weighted by molar-refractivity contribution is 1.15. The van der Waals surface area contributed by atoms with Crippen LogP contribution >= 0.6 is 0 Å². The fraction of sp³-hybridized carbons (Fsp3) is 0. The Bertz CT molecular complexity index is 3420. The van der Waals surface area contributed by atoms with Gasteiger partial charge in [-0.05, 0) is 72.3 Å². The molecule has 5 heteroatoms. The first-order valence-corrected chi connectivity index (χ1v) is 18.3. The third kappa shape index (κ3) is 4.45. The van der Waals surface area contributed by atoms with E-state index < -0.39 is 0 Å². The number of fused-ring (bicyclic) bond motifs is 9. The zero-order valence-corrected chi connectivity index (χ0v) is 29.5. The van der Waals surface area contributed by atoms with Crippen molar-refractivity contribution in [3.8, 4) is 40.3 Å². The number of para-hydroxylation sites is 4. The average molecular weight is 700 g/mol. The molecule has 0 radical (unpaired) electrons. The van der Waals surface area contributed by atoms with Crippen molar-refractivity contribution in [2.45, 2.75) is 0 Å². The molecule has 3 heterocycles. The van der Waals surface area contributed by atoms with Crippen LogP contribution in [0.3, 0.4) is 0 Å². The van der Waals surface area contributed by atoms with E-state index in [1.807, 2.05) is 48.5 Å². The second-order valence-electron chi connectivity index (χ2n) is 14.0. The lowest BCUT2D eigenvalue weighted by atomic mass is 9.98. The van der Waals surface area contributed by atoms with E-state index in [0.29, 0.717) is 11.1 Å². The predicted octanol–water partition coefficient (Wildman–Crippen LogP) is 12.4. The third-order valence-electron chi connectivity index (χ3n) is 11.1. The van der Waals surface area contributed by atoms with Gasteiger partial charge in [-0.15, -0.1) is 0 Å². The molecule has 0 N–H and O–H groups in total. The highest BCUT2D eigenvalue weighted by Gasteiger charge is 2.20. The van der Waals surface area contributed by atoms with Crippen molar-refractivity contribution in [3.63, 3.8) is 0 Å². The van der Waals surface area contributed by atoms with Crippen molar-refractivity contribution in [1.29, 1.82) is 10.5 Å². The van der Waals surface area contributed by atoms with Gasteiger partial charge in [-0.1, -0.05) is 109 Å². The molecule has 0 bridgehead atoms. The topological polar surface area (TPSA) is 62.4 Å². The first kappa shape index (κ1) is 30.7. The van der Waals surface area contributed by atoms with Crippen LogP contribution in [0.2, 0.25) is 0 Å². The van der Waals surface area contributed by atoms with E-state index in [-0.39, 0.29) is 0 Å². The van der Waals surface area contributed by atoms with Gasteiger partial charge >= 0.3 is 0 Å². The largest absolute Gasteiger partial charge is 0.309 e. The van der Waals surface area contributed by atoms with Crippen LogP contribution in [0.25, 0.3) is 93.6 Å². The molecular weight excluding hydrogens is 671 g/mol. The van der Waals surface area contributed by atoms with Gasteiger partial charge in [-0.3, -0.25) is 0 Å². The maximum atomic E-state index is 10.9. The Labute approximate surface area is 316 Å². The van der Waals surface area contributed by atoms with Gasteiger partial charge in [0.1, 0.15) is 6.07 Å². The Morgan fingerprint density at radius 3 is 1.44 bits per heavy atom. The molecule has 0 saturated heterocycles. The summed E-state index contributed by atoms with van der Waals surface area (Å²) in [7, 11) is 0. The summed E-state index contributed by atoms with van der Waals surface area (Å²) in [4.78, 5) is 0. The number of nitriles is 2. The Balaban J connectivity index is 1.13. The van der Waals surface area contributed by atoms with Crippen molar-refractivity contribution in [2.24, 2.45) is 0 Å². The highest BCUT2D eigenvalue weighted by molar-refractivity contribution is 6.12. The Morgan fingerprint density at radius 1 is 0.345 bits per heavy atom. The second kappa shape index (κ2) is 11.8. The van der Waals surface area contributed by atoms with Gasteiger partial charge in [0.25, 0.3) is 0 Å². The van der Waals surface area contributed by atoms with Crippen LogP contribution in [0, 0.1) is 22.7 Å². The van der Waals surface area contributed by atoms with E-state index in [2.05, 4.69) is 153 Å². The number of rotatable bonds is 4. The fourth-order valence-electron chi connectivity index (χ4n) is 8.77. The van der Waals surface area contributed by atoms with E-state index in [9.17, 15) is 10.5 Å². The SMILES string of the molecule is N#Cc1ccc2c3ccccc3n(-c3cccc(-c4cccc(-n5c6ccccc6c6ccc(-n7c8ccccc8c8ccccc87)cc65)c4)c3C#N)c2c1. The summed E-state index contributed by atoms with van der Waals surface area (Å²) >= 11 is 0. The molecule has 0 unspecified atom stereocenters. The first-order valence-electron chi connectivity index (χ1n) is 18.3. The zero-order valence-electron chi connectivity index (χ0n) is 29.5. The molecule has 5 nitrogen and oxygen atoms in total. The Kier molecular flexibility index (Phi) is 6.61. The molecule has 0 spiro atoms. The lowest BCUT2D eigenvalue weighted by Gasteiger charge is -2.15. The predicted molar refractivity (Wildman–Crippen MR) is 224 cm³/mol. The van der Waals surface area contributed by atoms with Crippen molar-refractivity contribution in [3.05, 3.63) is 187 Å². The summed E-state index contributed by atoms with van der Waals surface area (Å²) in [5.41, 5.74) is 12.2. The lowest BCUT2D eigenvalue weighted by Crippen LogP contribution is -2.00. The molecular formula is C50H29N5. The Hall–Kier alpha value is -7.86. The van der Waals surface area contributed by atoms with Crippen molar-refractivity contribution >= 4 is 65.4 Å². The summed E-state index contributed by atoms with van der Waals surface area (Å²) in [5.74, 6) is 0. The number of hydrogen-bond donors (Lipinski definition) is 0. The van der Waals surface area contributed by atoms with Gasteiger partial charge in [0.15, 0.2) is 0 Å². The molecule has 3 aromatic heterocycles. The Morgan fingerprint density at radius 2 is 0.836 bits per heavy atom. The van der Waals surface area contributed by atoms with Crippen LogP contribution in [-0.4, -0.2) is 13.7 Å². The maximum Gasteiger partial charge on any atom is 0.102 e. The monoisotopic (exact) mass is 699 g/mol. The summed E-state index contributed by atoms with van der Waals surface area (Å²) in [6.07, 6.45) is 0. The smallest absolute Gasteiger partial charge is 0.102 e. The van der Waals surface area contributed by atoms with Crippen molar-refractivity contribution < 1.29 is 0 Å². The summed E-state index contributed by atoms with van der Waals surface area (Å²) in [6.45, 7) is 0. The van der Waals surface area contributed by atoms with Crippen molar-refractivity contribution in [2.75, 3.05) is 0 Å². The third-order valence-corrected chi connectivity index (χ3v) is 11.1. The first-order chi connectivity index (χ1) is 27.2. The maximum absolute atomic E-state index is 10.9. The summed E-state index contributed by atoms with van der Waals surface area (Å²) < 4.78 is 6.83. The number of nitrogens with zero attached hydrogens (tertiary/aromatic N) is 5. The normalized spacial score (nSPS) is 11.6. The highest BCUT2D eigenvalue weighted by Crippen LogP contribution is 2.39. The minimum atomic E-state index is 0.570. The zero-order chi connectivity index (χ0) is 36.6. The van der Waals surface area contributed by atoms with E-state index in [4.69, 9.17) is 0 Å². The van der Waals surface area contributed by atoms with Gasteiger partial charge in [-0.25, -0.2) is 0 Å². The van der Waals surface area contributed by atoms with E-state index in [0.717, 1.165) is 61.0 Å². The molecule has 254 valence electrons. The highest BCUT2D eigenvalue weighted by atomic mass is 15.0. The van der Waals surface area contributed by atoms with Crippen LogP contribution in [0.1, 0.15) is 11.1 Å². The molecule has 0 saturated carbocycles. The molecule has 55 heavy (non-hydrogen) atoms. The summed E-state index contributed by atoms with van der Waals surface area (Å²) in [5, 5.41) is 27.6. The van der Waals surface area contributed by atoms with Gasteiger partial charge < -0.3 is 13.7 Å². The van der Waals surface area contributed by atoms with Gasteiger partial charge in [-0.2, -0.15) is 10.5 Å². The summed E-state index contributed by atoms with van der Waals surface area (Å²) in [6, 6.07) is 66.0. The second-order valence-corrected chi connectivity index (χ2v) is 14.0. The number of hydrogen-bond acceptors (Lipinski definition) is 2. The minimum Gasteiger partial charge on any atom is -0.309 e. The molecule has 8 aromatic carbocycles. The molecule has 0 atom stereocenters. The molecule has 11 aromatic rings. The van der Waals surface area contributed by atoms with Gasteiger partial charge in [0.05, 0.1) is 56.0 Å². The molecule has 11 rings (SSSR count). The van der Waals surface area contributed by atoms with Crippen LogP contribution in [0.15, 0.2) is 176 Å². The van der Waals surface area contributed by atoms with Crippen LogP contribution in [0.4, 0.5) is 0 Å². The van der Waals surface area contributed by atoms with Gasteiger partial charge in [0.2, 0.25) is 0 Å². The van der Waals surface area contributed by atoms with Crippen LogP contribution in [0.5, 0.6) is 0 Å². The van der Waals surface area contributed by atoms with E-state index >= 15 is 0 Å². The number of benzene rings is 8. The molecule has 0 aliphatic rings. The fourth-order valence-corrected chi connectivity index (χ4v) is 8.77. The quantitative estimate of drug-likeness (QED) is 0.184.